The first kappa shape index (κ1) is 4.91. The van der Waals surface area contributed by atoms with Crippen molar-refractivity contribution in [3.05, 3.63) is 11.6 Å². The normalized spacial score (nSPS) is 30.2. The fourth-order valence-electron chi connectivity index (χ4n) is 1.16. The maximum Gasteiger partial charge on any atom is 0.0606 e. The van der Waals surface area contributed by atoms with E-state index in [0.29, 0.717) is 5.92 Å². The third kappa shape index (κ3) is 0.707. The van der Waals surface area contributed by atoms with E-state index in [-0.39, 0.29) is 0 Å². The summed E-state index contributed by atoms with van der Waals surface area (Å²) in [6.45, 7) is 1.81. The molecule has 0 radical (unpaired) electrons. The van der Waals surface area contributed by atoms with Gasteiger partial charge in [0.2, 0.25) is 0 Å². The van der Waals surface area contributed by atoms with E-state index in [4.69, 9.17) is 0 Å². The zero-order chi connectivity index (χ0) is 6.10. The first-order valence-electron chi connectivity index (χ1n) is 3.15. The fraction of sp³-hybridized carbons (Fsp3) is 0.429. The number of allylic oxidation sites excluding steroid dienone is 1. The van der Waals surface area contributed by atoms with E-state index in [1.165, 1.54) is 5.57 Å². The van der Waals surface area contributed by atoms with Crippen LogP contribution in [0.15, 0.2) is 21.6 Å². The molecule has 0 aliphatic carbocycles. The van der Waals surface area contributed by atoms with Crippen LogP contribution < -0.4 is 0 Å². The van der Waals surface area contributed by atoms with E-state index in [1.807, 2.05) is 12.4 Å². The van der Waals surface area contributed by atoms with Gasteiger partial charge in [0.1, 0.15) is 0 Å². The number of hydrogen-bond acceptors (Lipinski definition) is 2. The molecule has 0 saturated heterocycles. The van der Waals surface area contributed by atoms with Crippen molar-refractivity contribution in [1.82, 2.24) is 0 Å². The molecule has 0 aromatic rings. The Kier molecular flexibility index (Phi) is 0.979. The van der Waals surface area contributed by atoms with Crippen LogP contribution in [0.2, 0.25) is 0 Å². The van der Waals surface area contributed by atoms with Crippen LogP contribution in [0.25, 0.3) is 0 Å². The summed E-state index contributed by atoms with van der Waals surface area (Å²) in [4.78, 5) is 8.28. The lowest BCUT2D eigenvalue weighted by atomic mass is 10.0. The molecule has 2 heteroatoms. The van der Waals surface area contributed by atoms with Gasteiger partial charge in [0.15, 0.2) is 0 Å². The fourth-order valence-corrected chi connectivity index (χ4v) is 1.16. The minimum absolute atomic E-state index is 0.537. The topological polar surface area (TPSA) is 24.7 Å². The van der Waals surface area contributed by atoms with Gasteiger partial charge in [-0.05, 0) is 11.6 Å². The van der Waals surface area contributed by atoms with Crippen LogP contribution in [-0.2, 0) is 0 Å². The lowest BCUT2D eigenvalue weighted by Gasteiger charge is -2.07. The van der Waals surface area contributed by atoms with E-state index in [0.717, 1.165) is 13.1 Å². The van der Waals surface area contributed by atoms with Crippen molar-refractivity contribution in [3.8, 4) is 0 Å². The summed E-state index contributed by atoms with van der Waals surface area (Å²) < 4.78 is 0. The Bertz CT molecular complexity index is 201. The predicted octanol–water partition coefficient (Wildman–Crippen LogP) is 0.698. The average Bonchev–Trinajstić information content (AvgIpc) is 2.33. The Morgan fingerprint density at radius 3 is 3.33 bits per heavy atom. The van der Waals surface area contributed by atoms with Gasteiger partial charge in [-0.3, -0.25) is 9.98 Å². The van der Waals surface area contributed by atoms with Crippen molar-refractivity contribution in [3.63, 3.8) is 0 Å². The standard InChI is InChI=1S/C7H8N2/c1-2-8-4-7-5-9-3-6(1)7/h1-2,5,7H,3-4H2. The zero-order valence-corrected chi connectivity index (χ0v) is 5.12. The van der Waals surface area contributed by atoms with Gasteiger partial charge < -0.3 is 0 Å². The van der Waals surface area contributed by atoms with Gasteiger partial charge in [-0.1, -0.05) is 0 Å². The SMILES string of the molecule is C1=NCC2=CC=NCC12. The van der Waals surface area contributed by atoms with Gasteiger partial charge >= 0.3 is 0 Å². The summed E-state index contributed by atoms with van der Waals surface area (Å²) in [6, 6.07) is 0. The summed E-state index contributed by atoms with van der Waals surface area (Å²) in [5.41, 5.74) is 1.42. The van der Waals surface area contributed by atoms with Gasteiger partial charge in [0, 0.05) is 18.3 Å². The molecule has 0 saturated carbocycles. The van der Waals surface area contributed by atoms with E-state index >= 15 is 0 Å². The highest BCUT2D eigenvalue weighted by atomic mass is 14.8. The van der Waals surface area contributed by atoms with Gasteiger partial charge in [-0.25, -0.2) is 0 Å². The molecule has 2 aliphatic heterocycles. The highest BCUT2D eigenvalue weighted by Gasteiger charge is 2.16. The Hall–Kier alpha value is -0.920. The van der Waals surface area contributed by atoms with Crippen molar-refractivity contribution in [2.24, 2.45) is 15.9 Å². The number of nitrogens with zero attached hydrogens (tertiary/aromatic N) is 2. The van der Waals surface area contributed by atoms with E-state index in [2.05, 4.69) is 16.1 Å². The number of hydrogen-bond donors (Lipinski definition) is 0. The van der Waals surface area contributed by atoms with Crippen LogP contribution >= 0.6 is 0 Å². The minimum Gasteiger partial charge on any atom is -0.292 e. The molecule has 0 bridgehead atoms. The number of rotatable bonds is 0. The Balaban J connectivity index is 2.29. The lowest BCUT2D eigenvalue weighted by Crippen LogP contribution is -2.09. The Morgan fingerprint density at radius 2 is 2.44 bits per heavy atom. The average molecular weight is 120 g/mol. The monoisotopic (exact) mass is 120 g/mol. The number of fused-ring (bicyclic) bond motifs is 1. The van der Waals surface area contributed by atoms with Crippen molar-refractivity contribution in [2.75, 3.05) is 13.1 Å². The van der Waals surface area contributed by atoms with Crippen LogP contribution in [0.3, 0.4) is 0 Å². The largest absolute Gasteiger partial charge is 0.292 e. The van der Waals surface area contributed by atoms with Gasteiger partial charge in [-0.2, -0.15) is 0 Å². The number of dihydropyridines is 1. The second-order valence-corrected chi connectivity index (χ2v) is 2.35. The smallest absolute Gasteiger partial charge is 0.0606 e. The molecule has 0 aromatic carbocycles. The predicted molar refractivity (Wildman–Crippen MR) is 38.3 cm³/mol. The zero-order valence-electron chi connectivity index (χ0n) is 5.12. The van der Waals surface area contributed by atoms with Gasteiger partial charge in [0.05, 0.1) is 13.1 Å². The van der Waals surface area contributed by atoms with E-state index < -0.39 is 0 Å². The highest BCUT2D eigenvalue weighted by molar-refractivity contribution is 5.80. The maximum atomic E-state index is 4.15. The molecule has 2 rings (SSSR count). The molecule has 46 valence electrons. The van der Waals surface area contributed by atoms with Crippen molar-refractivity contribution in [1.29, 1.82) is 0 Å². The number of aliphatic imine (C=N–C) groups is 2. The van der Waals surface area contributed by atoms with Crippen LogP contribution in [-0.4, -0.2) is 25.5 Å². The van der Waals surface area contributed by atoms with Crippen molar-refractivity contribution >= 4 is 12.4 Å². The summed E-state index contributed by atoms with van der Waals surface area (Å²) >= 11 is 0. The molecular weight excluding hydrogens is 112 g/mol. The third-order valence-electron chi connectivity index (χ3n) is 1.73. The summed E-state index contributed by atoms with van der Waals surface area (Å²) in [5, 5.41) is 0. The lowest BCUT2D eigenvalue weighted by molar-refractivity contribution is 0.833. The van der Waals surface area contributed by atoms with E-state index in [1.54, 1.807) is 0 Å². The molecule has 1 atom stereocenters. The first-order chi connectivity index (χ1) is 4.47. The highest BCUT2D eigenvalue weighted by Crippen LogP contribution is 2.17. The summed E-state index contributed by atoms with van der Waals surface area (Å²) in [7, 11) is 0. The summed E-state index contributed by atoms with van der Waals surface area (Å²) in [6.07, 6.45) is 5.95. The molecular formula is C7H8N2. The van der Waals surface area contributed by atoms with Crippen LogP contribution in [0, 0.1) is 5.92 Å². The molecule has 2 aliphatic rings. The van der Waals surface area contributed by atoms with Gasteiger partial charge in [-0.15, -0.1) is 0 Å². The minimum atomic E-state index is 0.537. The molecule has 0 N–H and O–H groups in total. The second kappa shape index (κ2) is 1.79. The molecule has 9 heavy (non-hydrogen) atoms. The van der Waals surface area contributed by atoms with Crippen LogP contribution in [0.5, 0.6) is 0 Å². The molecule has 0 aromatic heterocycles. The van der Waals surface area contributed by atoms with Crippen LogP contribution in [0.1, 0.15) is 0 Å². The van der Waals surface area contributed by atoms with E-state index in [9.17, 15) is 0 Å². The Labute approximate surface area is 54.0 Å². The maximum absolute atomic E-state index is 4.15. The molecule has 0 fully saturated rings. The molecule has 2 nitrogen and oxygen atoms in total. The van der Waals surface area contributed by atoms with Crippen molar-refractivity contribution in [2.45, 2.75) is 0 Å². The van der Waals surface area contributed by atoms with Crippen LogP contribution in [0.4, 0.5) is 0 Å². The Morgan fingerprint density at radius 1 is 1.44 bits per heavy atom. The van der Waals surface area contributed by atoms with Gasteiger partial charge in [0.25, 0.3) is 0 Å². The first-order valence-corrected chi connectivity index (χ1v) is 3.15. The summed E-state index contributed by atoms with van der Waals surface area (Å²) in [5.74, 6) is 0.537. The third-order valence-corrected chi connectivity index (χ3v) is 1.73. The molecule has 0 spiro atoms. The quantitative estimate of drug-likeness (QED) is 0.449. The molecule has 1 unspecified atom stereocenters. The second-order valence-electron chi connectivity index (χ2n) is 2.35. The molecule has 0 amide bonds. The molecule has 2 heterocycles. The van der Waals surface area contributed by atoms with Crippen molar-refractivity contribution < 1.29 is 0 Å².